The Hall–Kier alpha value is -3.35. The summed E-state index contributed by atoms with van der Waals surface area (Å²) >= 11 is 0. The highest BCUT2D eigenvalue weighted by Gasteiger charge is 2.53. The van der Waals surface area contributed by atoms with Crippen molar-refractivity contribution in [3.05, 3.63) is 54.4 Å². The molecule has 0 radical (unpaired) electrons. The van der Waals surface area contributed by atoms with Crippen LogP contribution in [0, 0.1) is 5.92 Å². The fraction of sp³-hybridized carbons (Fsp3) is 0.462. The number of nitrogen functional groups attached to an aromatic ring is 1. The molecule has 13 nitrogen and oxygen atoms in total. The Morgan fingerprint density at radius 1 is 1.25 bits per heavy atom. The van der Waals surface area contributed by atoms with Gasteiger partial charge in [-0.05, 0) is 37.7 Å². The molecule has 1 unspecified atom stereocenters. The fourth-order valence-corrected chi connectivity index (χ4v) is 6.34. The number of rotatable bonds is 10. The van der Waals surface area contributed by atoms with Crippen LogP contribution in [0.1, 0.15) is 43.7 Å². The van der Waals surface area contributed by atoms with Crippen molar-refractivity contribution in [2.45, 2.75) is 49.7 Å². The van der Waals surface area contributed by atoms with Crippen molar-refractivity contribution in [3.8, 4) is 0 Å². The Kier molecular flexibility index (Phi) is 7.09. The van der Waals surface area contributed by atoms with E-state index in [4.69, 9.17) is 19.6 Å². The summed E-state index contributed by atoms with van der Waals surface area (Å²) in [5.41, 5.74) is 6.50. The van der Waals surface area contributed by atoms with Crippen LogP contribution in [0.2, 0.25) is 0 Å². The van der Waals surface area contributed by atoms with E-state index in [0.717, 1.165) is 12.8 Å². The number of fused-ring (bicyclic) bond motifs is 1. The van der Waals surface area contributed by atoms with Gasteiger partial charge in [0.1, 0.15) is 0 Å². The number of nitrogens with one attached hydrogen (secondary N) is 1. The lowest BCUT2D eigenvalue weighted by Gasteiger charge is -2.35. The molecule has 0 bridgehead atoms. The molecule has 4 atom stereocenters. The number of phosphoric ester groups is 1. The maximum Gasteiger partial charge on any atom is 0.529 e. The monoisotopic (exact) mass is 569 g/mol. The first kappa shape index (κ1) is 26.9. The Balaban J connectivity index is 1.11. The quantitative estimate of drug-likeness (QED) is 0.241. The highest BCUT2D eigenvalue weighted by Crippen LogP contribution is 2.49. The Morgan fingerprint density at radius 2 is 2.05 bits per heavy atom. The third-order valence-electron chi connectivity index (χ3n) is 7.65. The summed E-state index contributed by atoms with van der Waals surface area (Å²) in [4.78, 5) is 42.6. The largest absolute Gasteiger partial charge is 0.529 e. The summed E-state index contributed by atoms with van der Waals surface area (Å²) in [6.07, 6.45) is 9.33. The van der Waals surface area contributed by atoms with Gasteiger partial charge in [-0.1, -0.05) is 42.5 Å². The highest BCUT2D eigenvalue weighted by atomic mass is 31.2. The minimum absolute atomic E-state index is 0.112. The molecule has 1 saturated carbocycles. The second-order valence-corrected chi connectivity index (χ2v) is 11.8. The number of nitrogens with zero attached hydrogens (tertiary/aromatic N) is 5. The molecular weight excluding hydrogens is 537 g/mol. The molecule has 1 aliphatic heterocycles. The van der Waals surface area contributed by atoms with Gasteiger partial charge in [0.2, 0.25) is 5.95 Å². The van der Waals surface area contributed by atoms with Gasteiger partial charge in [-0.3, -0.25) is 9.42 Å². The average Bonchev–Trinajstić information content (AvgIpc) is 3.31. The first-order valence-corrected chi connectivity index (χ1v) is 14.8. The second kappa shape index (κ2) is 10.6. The average molecular weight is 570 g/mol. The standard InChI is InChI=1S/C26H32N7O6P/c1-37-33-13-5-12-26(33,18-6-3-2-4-7-18)24(34)39-40(35,36)38-15-17-8-11-20(14-17)32-16-28-21-22(29-19-9-10-19)30-25(27)31-23(21)32/h2-4,6-8,11,16-17,19-20H,5,9-10,12-15H2,1H3,(H,35,36)(H3,27,29,30,31)/t17-,20+,26-/m1/s1. The van der Waals surface area contributed by atoms with Crippen LogP contribution in [0.15, 0.2) is 48.8 Å². The summed E-state index contributed by atoms with van der Waals surface area (Å²) in [6, 6.07) is 9.23. The van der Waals surface area contributed by atoms with Crippen LogP contribution < -0.4 is 11.1 Å². The van der Waals surface area contributed by atoms with Gasteiger partial charge >= 0.3 is 13.8 Å². The third kappa shape index (κ3) is 5.11. The van der Waals surface area contributed by atoms with E-state index in [9.17, 15) is 14.3 Å². The Labute approximate surface area is 230 Å². The number of phosphoric acid groups is 1. The molecule has 3 aromatic rings. The molecule has 3 heterocycles. The van der Waals surface area contributed by atoms with E-state index in [1.807, 2.05) is 22.8 Å². The van der Waals surface area contributed by atoms with Gasteiger partial charge in [0.05, 0.1) is 26.1 Å². The number of aromatic nitrogens is 4. The Morgan fingerprint density at radius 3 is 2.80 bits per heavy atom. The van der Waals surface area contributed by atoms with Crippen LogP contribution in [0.4, 0.5) is 11.8 Å². The van der Waals surface area contributed by atoms with Gasteiger partial charge in [-0.15, -0.1) is 0 Å². The Bertz CT molecular complexity index is 1480. The van der Waals surface area contributed by atoms with Crippen molar-refractivity contribution in [1.29, 1.82) is 0 Å². The highest BCUT2D eigenvalue weighted by molar-refractivity contribution is 7.48. The molecule has 0 spiro atoms. The summed E-state index contributed by atoms with van der Waals surface area (Å²) in [5, 5.41) is 4.84. The summed E-state index contributed by atoms with van der Waals surface area (Å²) in [7, 11) is -3.26. The van der Waals surface area contributed by atoms with E-state index in [2.05, 4.69) is 20.3 Å². The molecular formula is C26H32N7O6P. The topological polar surface area (TPSA) is 167 Å². The predicted molar refractivity (Wildman–Crippen MR) is 146 cm³/mol. The molecule has 3 aliphatic rings. The summed E-state index contributed by atoms with van der Waals surface area (Å²) < 4.78 is 25.3. The fourth-order valence-electron chi connectivity index (χ4n) is 5.54. The zero-order chi connectivity index (χ0) is 27.9. The zero-order valence-electron chi connectivity index (χ0n) is 22.0. The lowest BCUT2D eigenvalue weighted by atomic mass is 9.88. The van der Waals surface area contributed by atoms with Gasteiger partial charge in [-0.25, -0.2) is 14.3 Å². The number of carbonyl (C=O) groups is 1. The molecule has 14 heteroatoms. The zero-order valence-corrected chi connectivity index (χ0v) is 22.9. The van der Waals surface area contributed by atoms with Gasteiger partial charge in [0, 0.05) is 18.5 Å². The van der Waals surface area contributed by atoms with E-state index in [0.29, 0.717) is 54.4 Å². The van der Waals surface area contributed by atoms with E-state index >= 15 is 0 Å². The first-order chi connectivity index (χ1) is 19.3. The number of hydrogen-bond acceptors (Lipinski definition) is 11. The summed E-state index contributed by atoms with van der Waals surface area (Å²) in [6.45, 7) is 0.363. The van der Waals surface area contributed by atoms with E-state index in [1.165, 1.54) is 12.2 Å². The normalized spacial score (nSPS) is 26.2. The van der Waals surface area contributed by atoms with Crippen LogP contribution in [0.5, 0.6) is 0 Å². The molecule has 2 fully saturated rings. The smallest absolute Gasteiger partial charge is 0.369 e. The van der Waals surface area contributed by atoms with Gasteiger partial charge in [0.25, 0.3) is 0 Å². The maximum atomic E-state index is 13.4. The third-order valence-corrected chi connectivity index (χ3v) is 8.52. The molecule has 0 amide bonds. The van der Waals surface area contributed by atoms with Crippen molar-refractivity contribution in [3.63, 3.8) is 0 Å². The second-order valence-electron chi connectivity index (χ2n) is 10.4. The number of benzene rings is 1. The van der Waals surface area contributed by atoms with Crippen LogP contribution in [0.3, 0.4) is 0 Å². The van der Waals surface area contributed by atoms with Crippen LogP contribution in [-0.2, 0) is 28.8 Å². The molecule has 40 heavy (non-hydrogen) atoms. The molecule has 1 aromatic carbocycles. The molecule has 4 N–H and O–H groups in total. The molecule has 2 aromatic heterocycles. The number of hydroxylamine groups is 2. The van der Waals surface area contributed by atoms with Crippen LogP contribution >= 0.6 is 7.82 Å². The number of allylic oxidation sites excluding steroid dienone is 1. The van der Waals surface area contributed by atoms with E-state index in [-0.39, 0.29) is 24.5 Å². The van der Waals surface area contributed by atoms with Gasteiger partial charge in [-0.2, -0.15) is 15.0 Å². The molecule has 212 valence electrons. The van der Waals surface area contributed by atoms with E-state index in [1.54, 1.807) is 30.6 Å². The molecule has 6 rings (SSSR count). The molecule has 1 saturated heterocycles. The molecule has 2 aliphatic carbocycles. The number of carbonyl (C=O) groups excluding carboxylic acids is 1. The van der Waals surface area contributed by atoms with Gasteiger partial charge in [0.15, 0.2) is 22.5 Å². The SMILES string of the molecule is CON1CCC[C@]1(C(=O)OP(=O)(O)OC[C@@H]1C=C[C@H](n2cnc3c(NC4CC4)nc(N)nc32)C1)c1ccccc1. The summed E-state index contributed by atoms with van der Waals surface area (Å²) in [5.74, 6) is -0.308. The number of nitrogens with two attached hydrogens (primary N) is 1. The number of anilines is 2. The number of imidazole rings is 1. The van der Waals surface area contributed by atoms with Crippen molar-refractivity contribution >= 4 is 36.7 Å². The minimum Gasteiger partial charge on any atom is -0.369 e. The number of hydrogen-bond donors (Lipinski definition) is 3. The van der Waals surface area contributed by atoms with E-state index < -0.39 is 19.3 Å². The lowest BCUT2D eigenvalue weighted by molar-refractivity contribution is -0.201. The van der Waals surface area contributed by atoms with Crippen molar-refractivity contribution in [2.75, 3.05) is 31.3 Å². The minimum atomic E-state index is -4.72. The first-order valence-electron chi connectivity index (χ1n) is 13.3. The van der Waals surface area contributed by atoms with Crippen molar-refractivity contribution in [1.82, 2.24) is 24.6 Å². The maximum absolute atomic E-state index is 13.4. The van der Waals surface area contributed by atoms with Crippen LogP contribution in [-0.4, -0.2) is 61.7 Å². The predicted octanol–water partition coefficient (Wildman–Crippen LogP) is 3.31. The van der Waals surface area contributed by atoms with Crippen molar-refractivity contribution in [2.24, 2.45) is 5.92 Å². The van der Waals surface area contributed by atoms with Crippen molar-refractivity contribution < 1.29 is 28.1 Å². The van der Waals surface area contributed by atoms with Crippen LogP contribution in [0.25, 0.3) is 11.2 Å². The van der Waals surface area contributed by atoms with Gasteiger partial charge < -0.3 is 25.0 Å². The lowest BCUT2D eigenvalue weighted by Crippen LogP contribution is -2.48.